The molecule has 1 amide bonds. The predicted molar refractivity (Wildman–Crippen MR) is 82.5 cm³/mol. The molecule has 2 heterocycles. The number of halogens is 1. The van der Waals surface area contributed by atoms with Gasteiger partial charge in [-0.3, -0.25) is 4.79 Å². The molecule has 4 rings (SSSR count). The third kappa shape index (κ3) is 1.87. The van der Waals surface area contributed by atoms with E-state index in [1.165, 1.54) is 36.9 Å². The van der Waals surface area contributed by atoms with E-state index in [1.807, 2.05) is 0 Å². The lowest BCUT2D eigenvalue weighted by molar-refractivity contribution is -0.123. The second-order valence-electron chi connectivity index (χ2n) is 6.28. The standard InChI is InChI=1S/C16H20N2O.ClH/c19-15(12-9-17-10-12)18-11-16(7-3-4-8-16)13-5-1-2-6-14(13)18;/h1-2,5-6,12,17H,3-4,7-11H2;1H. The van der Waals surface area contributed by atoms with Gasteiger partial charge in [-0.25, -0.2) is 0 Å². The zero-order chi connectivity index (χ0) is 12.9. The highest BCUT2D eigenvalue weighted by atomic mass is 35.5. The molecule has 1 saturated carbocycles. The van der Waals surface area contributed by atoms with Crippen LogP contribution in [-0.2, 0) is 10.2 Å². The first-order chi connectivity index (χ1) is 9.30. The average Bonchev–Trinajstić information content (AvgIpc) is 2.95. The van der Waals surface area contributed by atoms with Crippen LogP contribution < -0.4 is 10.2 Å². The number of amides is 1. The maximum atomic E-state index is 12.6. The van der Waals surface area contributed by atoms with Crippen LogP contribution in [0.1, 0.15) is 31.2 Å². The number of benzene rings is 1. The van der Waals surface area contributed by atoms with Crippen molar-refractivity contribution in [3.8, 4) is 0 Å². The molecule has 1 aromatic carbocycles. The van der Waals surface area contributed by atoms with Gasteiger partial charge in [0.05, 0.1) is 5.92 Å². The summed E-state index contributed by atoms with van der Waals surface area (Å²) in [6, 6.07) is 8.56. The van der Waals surface area contributed by atoms with Crippen molar-refractivity contribution >= 4 is 24.0 Å². The summed E-state index contributed by atoms with van der Waals surface area (Å²) in [5, 5.41) is 3.20. The van der Waals surface area contributed by atoms with E-state index in [2.05, 4.69) is 34.5 Å². The van der Waals surface area contributed by atoms with Crippen molar-refractivity contribution in [2.45, 2.75) is 31.1 Å². The zero-order valence-electron chi connectivity index (χ0n) is 11.6. The summed E-state index contributed by atoms with van der Waals surface area (Å²) < 4.78 is 0. The molecule has 2 aliphatic heterocycles. The smallest absolute Gasteiger partial charge is 0.232 e. The van der Waals surface area contributed by atoms with Gasteiger partial charge in [0.1, 0.15) is 0 Å². The molecule has 1 aliphatic carbocycles. The molecule has 20 heavy (non-hydrogen) atoms. The number of hydrogen-bond donors (Lipinski definition) is 1. The first-order valence-electron chi connectivity index (χ1n) is 7.42. The Labute approximate surface area is 126 Å². The fraction of sp³-hybridized carbons (Fsp3) is 0.562. The summed E-state index contributed by atoms with van der Waals surface area (Å²) in [7, 11) is 0. The van der Waals surface area contributed by atoms with Crippen LogP contribution in [0.15, 0.2) is 24.3 Å². The van der Waals surface area contributed by atoms with E-state index in [0.717, 1.165) is 19.6 Å². The van der Waals surface area contributed by atoms with Crippen molar-refractivity contribution in [2.24, 2.45) is 5.92 Å². The van der Waals surface area contributed by atoms with Crippen molar-refractivity contribution in [1.29, 1.82) is 0 Å². The summed E-state index contributed by atoms with van der Waals surface area (Å²) in [4.78, 5) is 14.7. The molecule has 0 unspecified atom stereocenters. The second-order valence-corrected chi connectivity index (χ2v) is 6.28. The van der Waals surface area contributed by atoms with Crippen LogP contribution in [0.2, 0.25) is 0 Å². The molecule has 0 bridgehead atoms. The third-order valence-electron chi connectivity index (χ3n) is 5.18. The number of carbonyl (C=O) groups excluding carboxylic acids is 1. The summed E-state index contributed by atoms with van der Waals surface area (Å²) in [6.07, 6.45) is 5.11. The Morgan fingerprint density at radius 2 is 1.90 bits per heavy atom. The van der Waals surface area contributed by atoms with Crippen molar-refractivity contribution in [3.63, 3.8) is 0 Å². The number of nitrogens with one attached hydrogen (secondary N) is 1. The summed E-state index contributed by atoms with van der Waals surface area (Å²) in [5.74, 6) is 0.527. The molecule has 1 N–H and O–H groups in total. The molecule has 0 radical (unpaired) electrons. The SMILES string of the molecule is Cl.O=C(C1CNC1)N1CC2(CCCC2)c2ccccc21. The fourth-order valence-corrected chi connectivity index (χ4v) is 3.99. The predicted octanol–water partition coefficient (Wildman–Crippen LogP) is 2.49. The van der Waals surface area contributed by atoms with Crippen LogP contribution in [0.5, 0.6) is 0 Å². The highest BCUT2D eigenvalue weighted by Gasteiger charge is 2.47. The largest absolute Gasteiger partial charge is 0.315 e. The van der Waals surface area contributed by atoms with E-state index in [9.17, 15) is 4.79 Å². The molecule has 1 aromatic rings. The Kier molecular flexibility index (Phi) is 3.51. The number of anilines is 1. The maximum absolute atomic E-state index is 12.6. The number of hydrogen-bond acceptors (Lipinski definition) is 2. The van der Waals surface area contributed by atoms with Gasteiger partial charge in [-0.05, 0) is 24.5 Å². The number of fused-ring (bicyclic) bond motifs is 2. The lowest BCUT2D eigenvalue weighted by atomic mass is 9.81. The topological polar surface area (TPSA) is 32.3 Å². The van der Waals surface area contributed by atoms with E-state index in [4.69, 9.17) is 0 Å². The van der Waals surface area contributed by atoms with Crippen LogP contribution in [-0.4, -0.2) is 25.5 Å². The lowest BCUT2D eigenvalue weighted by Gasteiger charge is -2.31. The average molecular weight is 293 g/mol. The summed E-state index contributed by atoms with van der Waals surface area (Å²) >= 11 is 0. The van der Waals surface area contributed by atoms with Crippen molar-refractivity contribution < 1.29 is 4.79 Å². The summed E-state index contributed by atoms with van der Waals surface area (Å²) in [6.45, 7) is 2.62. The molecular formula is C16H21ClN2O. The number of nitrogens with zero attached hydrogens (tertiary/aromatic N) is 1. The Hall–Kier alpha value is -1.06. The minimum Gasteiger partial charge on any atom is -0.315 e. The first-order valence-corrected chi connectivity index (χ1v) is 7.42. The highest BCUT2D eigenvalue weighted by Crippen LogP contribution is 2.50. The molecule has 1 spiro atoms. The van der Waals surface area contributed by atoms with Gasteiger partial charge >= 0.3 is 0 Å². The normalized spacial score (nSPS) is 23.3. The lowest BCUT2D eigenvalue weighted by Crippen LogP contribution is -2.52. The monoisotopic (exact) mass is 292 g/mol. The maximum Gasteiger partial charge on any atom is 0.232 e. The quantitative estimate of drug-likeness (QED) is 0.862. The van der Waals surface area contributed by atoms with Gasteiger partial charge in [0, 0.05) is 30.7 Å². The Morgan fingerprint density at radius 3 is 2.55 bits per heavy atom. The van der Waals surface area contributed by atoms with Crippen molar-refractivity contribution in [3.05, 3.63) is 29.8 Å². The third-order valence-corrected chi connectivity index (χ3v) is 5.18. The molecule has 1 saturated heterocycles. The van der Waals surface area contributed by atoms with E-state index in [1.54, 1.807) is 0 Å². The van der Waals surface area contributed by atoms with Crippen molar-refractivity contribution in [2.75, 3.05) is 24.5 Å². The molecule has 3 aliphatic rings. The van der Waals surface area contributed by atoms with Gasteiger partial charge in [0.2, 0.25) is 5.91 Å². The number of para-hydroxylation sites is 1. The van der Waals surface area contributed by atoms with Crippen LogP contribution in [0.3, 0.4) is 0 Å². The first kappa shape index (κ1) is 13.9. The van der Waals surface area contributed by atoms with Crippen LogP contribution in [0.25, 0.3) is 0 Å². The molecule has 0 aromatic heterocycles. The van der Waals surface area contributed by atoms with Gasteiger partial charge in [-0.2, -0.15) is 0 Å². The van der Waals surface area contributed by atoms with Crippen LogP contribution in [0, 0.1) is 5.92 Å². The zero-order valence-corrected chi connectivity index (χ0v) is 12.4. The minimum absolute atomic E-state index is 0. The van der Waals surface area contributed by atoms with E-state index >= 15 is 0 Å². The van der Waals surface area contributed by atoms with Gasteiger partial charge in [-0.15, -0.1) is 12.4 Å². The van der Waals surface area contributed by atoms with Gasteiger partial charge in [-0.1, -0.05) is 31.0 Å². The fourth-order valence-electron chi connectivity index (χ4n) is 3.99. The highest BCUT2D eigenvalue weighted by molar-refractivity contribution is 5.98. The number of carbonyl (C=O) groups is 1. The summed E-state index contributed by atoms with van der Waals surface area (Å²) in [5.41, 5.74) is 2.87. The Bertz CT molecular complexity index is 521. The van der Waals surface area contributed by atoms with Gasteiger partial charge in [0.25, 0.3) is 0 Å². The number of rotatable bonds is 1. The minimum atomic E-state index is 0. The molecule has 4 heteroatoms. The van der Waals surface area contributed by atoms with Crippen LogP contribution >= 0.6 is 12.4 Å². The molecule has 108 valence electrons. The molecule has 2 fully saturated rings. The van der Waals surface area contributed by atoms with E-state index in [0.29, 0.717) is 5.91 Å². The van der Waals surface area contributed by atoms with E-state index < -0.39 is 0 Å². The van der Waals surface area contributed by atoms with Gasteiger partial charge < -0.3 is 10.2 Å². The second kappa shape index (κ2) is 5.05. The Morgan fingerprint density at radius 1 is 1.20 bits per heavy atom. The van der Waals surface area contributed by atoms with Crippen LogP contribution in [0.4, 0.5) is 5.69 Å². The van der Waals surface area contributed by atoms with Gasteiger partial charge in [0.15, 0.2) is 0 Å². The van der Waals surface area contributed by atoms with E-state index in [-0.39, 0.29) is 23.7 Å². The molecule has 0 atom stereocenters. The van der Waals surface area contributed by atoms with Crippen molar-refractivity contribution in [1.82, 2.24) is 5.32 Å². The Balaban J connectivity index is 0.00000121. The molecular weight excluding hydrogens is 272 g/mol. The molecule has 3 nitrogen and oxygen atoms in total.